The lowest BCUT2D eigenvalue weighted by Crippen LogP contribution is -2.28. The van der Waals surface area contributed by atoms with Gasteiger partial charge in [-0.15, -0.1) is 0 Å². The third-order valence-corrected chi connectivity index (χ3v) is 6.76. The first-order valence-corrected chi connectivity index (χ1v) is 11.1. The quantitative estimate of drug-likeness (QED) is 0.440. The molecule has 0 saturated carbocycles. The largest absolute Gasteiger partial charge is 0.497 e. The summed E-state index contributed by atoms with van der Waals surface area (Å²) in [4.78, 5) is 22.9. The standard InChI is InChI=1S/C20H23N3O8S/c1-29-14-5-7-18(30-2)16(11-14)21-20(24)13-31-19-8-6-15(12-17(19)23(25)26)32(27,28)22-9-3-4-10-22/h5-8,11-12H,3-4,9-10,13H2,1-2H3,(H,21,24). The summed E-state index contributed by atoms with van der Waals surface area (Å²) in [5.41, 5.74) is -0.209. The van der Waals surface area contributed by atoms with E-state index in [1.165, 1.54) is 30.7 Å². The highest BCUT2D eigenvalue weighted by molar-refractivity contribution is 7.89. The molecule has 12 heteroatoms. The van der Waals surface area contributed by atoms with Crippen molar-refractivity contribution >= 4 is 27.3 Å². The second-order valence-electron chi connectivity index (χ2n) is 6.90. The van der Waals surface area contributed by atoms with Gasteiger partial charge in [0.2, 0.25) is 10.0 Å². The van der Waals surface area contributed by atoms with Crippen LogP contribution in [0.3, 0.4) is 0 Å². The fourth-order valence-corrected chi connectivity index (χ4v) is 4.78. The summed E-state index contributed by atoms with van der Waals surface area (Å²) in [6.07, 6.45) is 1.49. The van der Waals surface area contributed by atoms with Gasteiger partial charge in [0.25, 0.3) is 5.91 Å². The number of carbonyl (C=O) groups is 1. The van der Waals surface area contributed by atoms with E-state index in [2.05, 4.69) is 5.32 Å². The molecule has 32 heavy (non-hydrogen) atoms. The summed E-state index contributed by atoms with van der Waals surface area (Å²) >= 11 is 0. The Morgan fingerprint density at radius 3 is 2.41 bits per heavy atom. The van der Waals surface area contributed by atoms with E-state index in [1.54, 1.807) is 18.2 Å². The zero-order valence-corrected chi connectivity index (χ0v) is 18.4. The maximum atomic E-state index is 12.7. The predicted molar refractivity (Wildman–Crippen MR) is 115 cm³/mol. The number of anilines is 1. The Balaban J connectivity index is 1.75. The van der Waals surface area contributed by atoms with E-state index in [1.807, 2.05) is 0 Å². The summed E-state index contributed by atoms with van der Waals surface area (Å²) in [5, 5.41) is 14.1. The number of nitrogens with one attached hydrogen (secondary N) is 1. The molecule has 1 aliphatic heterocycles. The van der Waals surface area contributed by atoms with Crippen LogP contribution in [0.25, 0.3) is 0 Å². The number of hydrogen-bond donors (Lipinski definition) is 1. The maximum absolute atomic E-state index is 12.7. The number of sulfonamides is 1. The van der Waals surface area contributed by atoms with Crippen molar-refractivity contribution in [2.45, 2.75) is 17.7 Å². The highest BCUT2D eigenvalue weighted by Gasteiger charge is 2.30. The molecule has 0 unspecified atom stereocenters. The molecular formula is C20H23N3O8S. The number of nitro benzene ring substituents is 1. The fourth-order valence-electron chi connectivity index (χ4n) is 3.24. The molecule has 3 rings (SSSR count). The number of amides is 1. The van der Waals surface area contributed by atoms with Crippen molar-refractivity contribution < 1.29 is 32.3 Å². The van der Waals surface area contributed by atoms with Gasteiger partial charge in [0.15, 0.2) is 12.4 Å². The number of benzene rings is 2. The van der Waals surface area contributed by atoms with Crippen LogP contribution in [0.4, 0.5) is 11.4 Å². The first kappa shape index (κ1) is 23.3. The van der Waals surface area contributed by atoms with Crippen molar-refractivity contribution in [3.8, 4) is 17.2 Å². The predicted octanol–water partition coefficient (Wildman–Crippen LogP) is 2.41. The highest BCUT2D eigenvalue weighted by atomic mass is 32.2. The van der Waals surface area contributed by atoms with E-state index in [0.717, 1.165) is 18.9 Å². The Morgan fingerprint density at radius 1 is 1.09 bits per heavy atom. The lowest BCUT2D eigenvalue weighted by atomic mass is 10.2. The number of hydrogen-bond acceptors (Lipinski definition) is 8. The van der Waals surface area contributed by atoms with Crippen LogP contribution in [0.5, 0.6) is 17.2 Å². The van der Waals surface area contributed by atoms with Gasteiger partial charge in [0.05, 0.1) is 29.7 Å². The molecule has 1 aliphatic rings. The number of carbonyl (C=O) groups excluding carboxylic acids is 1. The number of methoxy groups -OCH3 is 2. The number of nitro groups is 1. The highest BCUT2D eigenvalue weighted by Crippen LogP contribution is 2.32. The third-order valence-electron chi connectivity index (χ3n) is 4.87. The molecule has 0 aromatic heterocycles. The van der Waals surface area contributed by atoms with Gasteiger partial charge in [-0.25, -0.2) is 8.42 Å². The molecule has 0 spiro atoms. The molecule has 1 heterocycles. The van der Waals surface area contributed by atoms with Gasteiger partial charge in [-0.05, 0) is 37.1 Å². The van der Waals surface area contributed by atoms with Crippen molar-refractivity contribution in [2.75, 3.05) is 39.2 Å². The summed E-state index contributed by atoms with van der Waals surface area (Å²) in [6.45, 7) is 0.212. The number of rotatable bonds is 9. The van der Waals surface area contributed by atoms with Crippen LogP contribution in [-0.4, -0.2) is 57.5 Å². The molecule has 0 atom stereocenters. The first-order valence-electron chi connectivity index (χ1n) is 9.69. The Bertz CT molecular complexity index is 1110. The summed E-state index contributed by atoms with van der Waals surface area (Å²) in [5.74, 6) is 0.0665. The smallest absolute Gasteiger partial charge is 0.312 e. The monoisotopic (exact) mass is 465 g/mol. The summed E-state index contributed by atoms with van der Waals surface area (Å²) in [6, 6.07) is 8.19. The van der Waals surface area contributed by atoms with Crippen molar-refractivity contribution in [1.82, 2.24) is 4.31 Å². The van der Waals surface area contributed by atoms with Gasteiger partial charge in [-0.2, -0.15) is 4.31 Å². The molecule has 1 N–H and O–H groups in total. The van der Waals surface area contributed by atoms with E-state index >= 15 is 0 Å². The van der Waals surface area contributed by atoms with Gasteiger partial charge in [-0.3, -0.25) is 14.9 Å². The lowest BCUT2D eigenvalue weighted by Gasteiger charge is -2.16. The normalized spacial score (nSPS) is 14.1. The minimum absolute atomic E-state index is 0.191. The first-order chi connectivity index (χ1) is 15.3. The van der Waals surface area contributed by atoms with Crippen LogP contribution in [0.2, 0.25) is 0 Å². The van der Waals surface area contributed by atoms with Gasteiger partial charge >= 0.3 is 5.69 Å². The Kier molecular flexibility index (Phi) is 7.15. The molecule has 172 valence electrons. The Labute approximate surface area is 185 Å². The Hall–Kier alpha value is -3.38. The maximum Gasteiger partial charge on any atom is 0.312 e. The van der Waals surface area contributed by atoms with Crippen LogP contribution in [0, 0.1) is 10.1 Å². The van der Waals surface area contributed by atoms with Crippen LogP contribution in [0.15, 0.2) is 41.3 Å². The summed E-state index contributed by atoms with van der Waals surface area (Å²) in [7, 11) is -0.914. The molecule has 1 amide bonds. The minimum Gasteiger partial charge on any atom is -0.497 e. The minimum atomic E-state index is -3.83. The molecule has 0 aliphatic carbocycles. The molecule has 1 fully saturated rings. The number of ether oxygens (including phenoxy) is 3. The zero-order valence-electron chi connectivity index (χ0n) is 17.6. The molecule has 11 nitrogen and oxygen atoms in total. The molecular weight excluding hydrogens is 442 g/mol. The van der Waals surface area contributed by atoms with E-state index in [0.29, 0.717) is 30.3 Å². The average Bonchev–Trinajstić information content (AvgIpc) is 3.33. The van der Waals surface area contributed by atoms with Crippen molar-refractivity contribution in [3.63, 3.8) is 0 Å². The van der Waals surface area contributed by atoms with E-state index < -0.39 is 33.1 Å². The second-order valence-corrected chi connectivity index (χ2v) is 8.84. The van der Waals surface area contributed by atoms with E-state index in [4.69, 9.17) is 14.2 Å². The molecule has 1 saturated heterocycles. The average molecular weight is 465 g/mol. The second kappa shape index (κ2) is 9.83. The molecule has 0 bridgehead atoms. The molecule has 2 aromatic carbocycles. The van der Waals surface area contributed by atoms with Gasteiger partial charge in [0.1, 0.15) is 11.5 Å². The van der Waals surface area contributed by atoms with E-state index in [-0.39, 0.29) is 10.6 Å². The van der Waals surface area contributed by atoms with Crippen LogP contribution in [0.1, 0.15) is 12.8 Å². The van der Waals surface area contributed by atoms with Crippen LogP contribution < -0.4 is 19.5 Å². The van der Waals surface area contributed by atoms with Gasteiger partial charge in [0, 0.05) is 25.2 Å². The molecule has 0 radical (unpaired) electrons. The van der Waals surface area contributed by atoms with E-state index in [9.17, 15) is 23.3 Å². The third kappa shape index (κ3) is 5.08. The summed E-state index contributed by atoms with van der Waals surface area (Å²) < 4.78 is 42.3. The Morgan fingerprint density at radius 2 is 1.78 bits per heavy atom. The van der Waals surface area contributed by atoms with Crippen molar-refractivity contribution in [3.05, 3.63) is 46.5 Å². The SMILES string of the molecule is COc1ccc(OC)c(NC(=O)COc2ccc(S(=O)(=O)N3CCCC3)cc2[N+](=O)[O-])c1. The fraction of sp³-hybridized carbons (Fsp3) is 0.350. The number of nitrogens with zero attached hydrogens (tertiary/aromatic N) is 2. The van der Waals surface area contributed by atoms with Gasteiger partial charge < -0.3 is 19.5 Å². The zero-order chi connectivity index (χ0) is 23.3. The van der Waals surface area contributed by atoms with Crippen molar-refractivity contribution in [1.29, 1.82) is 0 Å². The van der Waals surface area contributed by atoms with Gasteiger partial charge in [-0.1, -0.05) is 0 Å². The van der Waals surface area contributed by atoms with Crippen molar-refractivity contribution in [2.24, 2.45) is 0 Å². The topological polar surface area (TPSA) is 137 Å². The molecule has 2 aromatic rings. The van der Waals surface area contributed by atoms with Crippen LogP contribution in [-0.2, 0) is 14.8 Å². The lowest BCUT2D eigenvalue weighted by molar-refractivity contribution is -0.386. The van der Waals surface area contributed by atoms with Crippen LogP contribution >= 0.6 is 0 Å².